The number of benzene rings is 2. The predicted molar refractivity (Wildman–Crippen MR) is 106 cm³/mol. The van der Waals surface area contributed by atoms with Crippen LogP contribution in [-0.4, -0.2) is 29.7 Å². The fourth-order valence-electron chi connectivity index (χ4n) is 2.61. The summed E-state index contributed by atoms with van der Waals surface area (Å²) in [5.41, 5.74) is -0.845. The van der Waals surface area contributed by atoms with Crippen molar-refractivity contribution in [3.05, 3.63) is 74.8 Å². The highest BCUT2D eigenvalue weighted by Crippen LogP contribution is 2.36. The topological polar surface area (TPSA) is 58.9 Å². The fourth-order valence-corrected chi connectivity index (χ4v) is 3.13. The summed E-state index contributed by atoms with van der Waals surface area (Å²) in [7, 11) is 0. The third-order valence-corrected chi connectivity index (χ3v) is 4.32. The lowest BCUT2D eigenvalue weighted by Gasteiger charge is -2.14. The van der Waals surface area contributed by atoms with E-state index in [4.69, 9.17) is 27.9 Å². The van der Waals surface area contributed by atoms with Crippen LogP contribution >= 0.6 is 23.2 Å². The summed E-state index contributed by atoms with van der Waals surface area (Å²) in [5.74, 6) is -0.556. The van der Waals surface area contributed by atoms with Crippen LogP contribution in [0.2, 0.25) is 10.0 Å². The van der Waals surface area contributed by atoms with E-state index in [-0.39, 0.29) is 39.1 Å². The van der Waals surface area contributed by atoms with Gasteiger partial charge >= 0.3 is 12.1 Å². The van der Waals surface area contributed by atoms with Gasteiger partial charge in [-0.2, -0.15) is 13.2 Å². The molecule has 154 valence electrons. The van der Waals surface area contributed by atoms with Gasteiger partial charge in [-0.1, -0.05) is 34.4 Å². The van der Waals surface area contributed by atoms with Gasteiger partial charge in [0.05, 0.1) is 17.7 Å². The van der Waals surface area contributed by atoms with Crippen LogP contribution in [0.3, 0.4) is 0 Å². The summed E-state index contributed by atoms with van der Waals surface area (Å²) in [6.45, 7) is 3.43. The largest absolute Gasteiger partial charge is 0.462 e. The van der Waals surface area contributed by atoms with Gasteiger partial charge in [0.15, 0.2) is 0 Å². The van der Waals surface area contributed by atoms with E-state index in [1.54, 1.807) is 13.8 Å². The lowest BCUT2D eigenvalue weighted by molar-refractivity contribution is -0.0688. The first-order valence-corrected chi connectivity index (χ1v) is 9.08. The number of nitrogens with zero attached hydrogens (tertiary/aromatic N) is 1. The first kappa shape index (κ1) is 22.8. The highest BCUT2D eigenvalue weighted by atomic mass is 35.5. The highest BCUT2D eigenvalue weighted by molar-refractivity contribution is 6.35. The van der Waals surface area contributed by atoms with Crippen LogP contribution in [0.4, 0.5) is 13.2 Å². The van der Waals surface area contributed by atoms with E-state index in [2.05, 4.69) is 5.16 Å². The van der Waals surface area contributed by atoms with Crippen LogP contribution in [0.1, 0.15) is 34.0 Å². The summed E-state index contributed by atoms with van der Waals surface area (Å²) in [6.07, 6.45) is -4.09. The Kier molecular flexibility index (Phi) is 7.32. The van der Waals surface area contributed by atoms with Gasteiger partial charge in [-0.3, -0.25) is 0 Å². The number of ether oxygens (including phenoxy) is 1. The zero-order valence-electron chi connectivity index (χ0n) is 15.3. The third-order valence-electron chi connectivity index (χ3n) is 3.89. The molecule has 0 heterocycles. The van der Waals surface area contributed by atoms with Gasteiger partial charge in [-0.25, -0.2) is 4.79 Å². The number of aryl methyl sites for hydroxylation is 1. The molecular formula is C20H16Cl2F3NO3. The van der Waals surface area contributed by atoms with E-state index in [9.17, 15) is 23.2 Å². The van der Waals surface area contributed by atoms with Crippen molar-refractivity contribution in [1.82, 2.24) is 0 Å². The summed E-state index contributed by atoms with van der Waals surface area (Å²) < 4.78 is 45.9. The van der Waals surface area contributed by atoms with Crippen LogP contribution in [0.25, 0.3) is 5.57 Å². The average molecular weight is 446 g/mol. The molecule has 0 spiro atoms. The molecule has 2 rings (SSSR count). The summed E-state index contributed by atoms with van der Waals surface area (Å²) in [4.78, 5) is 11.9. The van der Waals surface area contributed by atoms with Gasteiger partial charge in [0.2, 0.25) is 0 Å². The minimum absolute atomic E-state index is 0.0276. The smallest absolute Gasteiger partial charge is 0.417 e. The van der Waals surface area contributed by atoms with Crippen molar-refractivity contribution in [3.63, 3.8) is 0 Å². The van der Waals surface area contributed by atoms with Crippen LogP contribution in [0.15, 0.2) is 47.6 Å². The molecule has 0 atom stereocenters. The van der Waals surface area contributed by atoms with Crippen molar-refractivity contribution in [3.8, 4) is 0 Å². The molecule has 2 aromatic rings. The molecule has 0 saturated carbocycles. The minimum Gasteiger partial charge on any atom is -0.462 e. The molecule has 0 radical (unpaired) electrons. The SMILES string of the molecule is CCOC(=O)c1ccc(C(/C=C(/c2cc(Cl)cc(Cl)c2)C(F)(F)F)=N\O)cc1C. The molecule has 0 unspecified atom stereocenters. The molecular weight excluding hydrogens is 430 g/mol. The zero-order chi connectivity index (χ0) is 21.8. The van der Waals surface area contributed by atoms with Crippen molar-refractivity contribution < 1.29 is 27.9 Å². The van der Waals surface area contributed by atoms with Crippen molar-refractivity contribution in [2.45, 2.75) is 20.0 Å². The maximum Gasteiger partial charge on any atom is 0.417 e. The molecule has 0 aliphatic rings. The second-order valence-electron chi connectivity index (χ2n) is 5.95. The molecule has 0 bridgehead atoms. The first-order chi connectivity index (χ1) is 13.6. The normalized spacial score (nSPS) is 12.8. The molecule has 1 N–H and O–H groups in total. The van der Waals surface area contributed by atoms with E-state index in [1.807, 2.05) is 0 Å². The van der Waals surface area contributed by atoms with E-state index in [0.717, 1.165) is 12.1 Å². The quantitative estimate of drug-likeness (QED) is 0.254. The van der Waals surface area contributed by atoms with Crippen molar-refractivity contribution in [1.29, 1.82) is 0 Å². The van der Waals surface area contributed by atoms with E-state index >= 15 is 0 Å². The number of rotatable bonds is 5. The molecule has 2 aromatic carbocycles. The molecule has 0 aliphatic heterocycles. The second-order valence-corrected chi connectivity index (χ2v) is 6.82. The monoisotopic (exact) mass is 445 g/mol. The summed E-state index contributed by atoms with van der Waals surface area (Å²) in [5, 5.41) is 12.4. The number of oxime groups is 1. The maximum absolute atomic E-state index is 13.7. The van der Waals surface area contributed by atoms with Crippen LogP contribution in [0.5, 0.6) is 0 Å². The summed E-state index contributed by atoms with van der Waals surface area (Å²) in [6, 6.07) is 7.71. The van der Waals surface area contributed by atoms with Gasteiger partial charge in [0, 0.05) is 15.6 Å². The lowest BCUT2D eigenvalue weighted by Crippen LogP contribution is -2.14. The number of allylic oxidation sites excluding steroid dienone is 2. The Balaban J connectivity index is 2.54. The highest BCUT2D eigenvalue weighted by Gasteiger charge is 2.35. The number of halogens is 5. The van der Waals surface area contributed by atoms with Gasteiger partial charge in [-0.15, -0.1) is 0 Å². The Morgan fingerprint density at radius 3 is 2.24 bits per heavy atom. The van der Waals surface area contributed by atoms with E-state index in [1.165, 1.54) is 24.3 Å². The standard InChI is InChI=1S/C20H16Cl2F3NO3/c1-3-29-19(27)16-5-4-12(6-11(16)2)18(26-28)10-17(20(23,24)25)13-7-14(21)9-15(22)8-13/h4-10,28H,3H2,1-2H3/b17-10-,26-18-. The average Bonchev–Trinajstić information content (AvgIpc) is 2.60. The van der Waals surface area contributed by atoms with Gasteiger partial charge in [0.25, 0.3) is 0 Å². The molecule has 0 aliphatic carbocycles. The second kappa shape index (κ2) is 9.33. The minimum atomic E-state index is -4.77. The zero-order valence-corrected chi connectivity index (χ0v) is 16.9. The van der Waals surface area contributed by atoms with Gasteiger partial charge in [0.1, 0.15) is 5.71 Å². The molecule has 0 amide bonds. The van der Waals surface area contributed by atoms with Crippen molar-refractivity contribution in [2.75, 3.05) is 6.61 Å². The summed E-state index contributed by atoms with van der Waals surface area (Å²) >= 11 is 11.6. The maximum atomic E-state index is 13.7. The molecule has 0 saturated heterocycles. The Morgan fingerprint density at radius 1 is 1.14 bits per heavy atom. The number of carbonyl (C=O) groups is 1. The molecule has 4 nitrogen and oxygen atoms in total. The Hall–Kier alpha value is -2.51. The van der Waals surface area contributed by atoms with Crippen LogP contribution in [-0.2, 0) is 4.74 Å². The predicted octanol–water partition coefficient (Wildman–Crippen LogP) is 6.30. The van der Waals surface area contributed by atoms with Crippen LogP contribution in [0, 0.1) is 6.92 Å². The van der Waals surface area contributed by atoms with Gasteiger partial charge < -0.3 is 9.94 Å². The number of alkyl halides is 3. The molecule has 0 aromatic heterocycles. The van der Waals surface area contributed by atoms with Gasteiger partial charge in [-0.05, 0) is 61.4 Å². The molecule has 29 heavy (non-hydrogen) atoms. The first-order valence-electron chi connectivity index (χ1n) is 8.32. The molecule has 9 heteroatoms. The Bertz CT molecular complexity index is 965. The molecule has 0 fully saturated rings. The number of hydrogen-bond acceptors (Lipinski definition) is 4. The van der Waals surface area contributed by atoms with E-state index < -0.39 is 17.7 Å². The Morgan fingerprint density at radius 2 is 1.76 bits per heavy atom. The number of esters is 1. The Labute approximate surface area is 175 Å². The number of hydrogen-bond donors (Lipinski definition) is 1. The third kappa shape index (κ3) is 5.74. The number of carbonyl (C=O) groups excluding carboxylic acids is 1. The fraction of sp³-hybridized carbons (Fsp3) is 0.200. The van der Waals surface area contributed by atoms with Crippen LogP contribution < -0.4 is 0 Å². The van der Waals surface area contributed by atoms with Crippen molar-refractivity contribution in [2.24, 2.45) is 5.16 Å². The van der Waals surface area contributed by atoms with E-state index in [0.29, 0.717) is 11.6 Å². The van der Waals surface area contributed by atoms with Crippen molar-refractivity contribution >= 4 is 40.5 Å². The lowest BCUT2D eigenvalue weighted by atomic mass is 9.98.